The number of aliphatic hydroxyl groups excluding tert-OH is 1. The van der Waals surface area contributed by atoms with Crippen LogP contribution in [0.2, 0.25) is 0 Å². The molecule has 1 unspecified atom stereocenters. The number of rotatable bonds is 7. The molecule has 1 fully saturated rings. The standard InChI is InChI=1S/C24H29N3O3/c1-2-11-27-12-8-19(9-13-27)23(28)18-5-3-17(4-6-18)15-26-24(29)21-14-20-7-10-25-16-22(20)30-21/h3-7,10,14,16,19,23,28H,2,8-9,11-13,15H2,1H3,(H,26,29). The third-order valence-electron chi connectivity index (χ3n) is 5.94. The van der Waals surface area contributed by atoms with Gasteiger partial charge in [0.05, 0.1) is 12.3 Å². The van der Waals surface area contributed by atoms with Crippen LogP contribution in [0.3, 0.4) is 0 Å². The first kappa shape index (κ1) is 20.6. The second-order valence-electron chi connectivity index (χ2n) is 8.07. The zero-order valence-corrected chi connectivity index (χ0v) is 17.4. The molecule has 0 spiro atoms. The van der Waals surface area contributed by atoms with Gasteiger partial charge in [0, 0.05) is 18.1 Å². The first-order valence-corrected chi connectivity index (χ1v) is 10.7. The van der Waals surface area contributed by atoms with Crippen LogP contribution in [-0.2, 0) is 6.54 Å². The highest BCUT2D eigenvalue weighted by molar-refractivity contribution is 5.95. The number of carbonyl (C=O) groups is 1. The Kier molecular flexibility index (Phi) is 6.45. The number of carbonyl (C=O) groups excluding carboxylic acids is 1. The molecule has 3 heterocycles. The number of fused-ring (bicyclic) bond motifs is 1. The summed E-state index contributed by atoms with van der Waals surface area (Å²) in [6, 6.07) is 11.4. The average molecular weight is 408 g/mol. The molecule has 0 saturated carbocycles. The minimum absolute atomic E-state index is 0.255. The molecule has 2 aromatic heterocycles. The third kappa shape index (κ3) is 4.71. The molecule has 0 aliphatic carbocycles. The van der Waals surface area contributed by atoms with Gasteiger partial charge in [-0.2, -0.15) is 0 Å². The zero-order chi connectivity index (χ0) is 20.9. The second-order valence-corrected chi connectivity index (χ2v) is 8.07. The quantitative estimate of drug-likeness (QED) is 0.621. The Hall–Kier alpha value is -2.70. The summed E-state index contributed by atoms with van der Waals surface area (Å²) in [6.45, 7) is 5.89. The van der Waals surface area contributed by atoms with E-state index in [9.17, 15) is 9.90 Å². The lowest BCUT2D eigenvalue weighted by Crippen LogP contribution is -2.36. The van der Waals surface area contributed by atoms with Crippen molar-refractivity contribution in [3.05, 3.63) is 65.7 Å². The number of aliphatic hydroxyl groups is 1. The maximum atomic E-state index is 12.4. The van der Waals surface area contributed by atoms with Crippen molar-refractivity contribution in [1.29, 1.82) is 0 Å². The molecule has 6 heteroatoms. The fourth-order valence-corrected chi connectivity index (χ4v) is 4.18. The normalized spacial score (nSPS) is 16.6. The summed E-state index contributed by atoms with van der Waals surface area (Å²) in [5.74, 6) is 0.333. The van der Waals surface area contributed by atoms with E-state index < -0.39 is 6.10 Å². The van der Waals surface area contributed by atoms with Crippen LogP contribution in [0.4, 0.5) is 0 Å². The first-order chi connectivity index (χ1) is 14.6. The Morgan fingerprint density at radius 3 is 2.73 bits per heavy atom. The largest absolute Gasteiger partial charge is 0.449 e. The molecule has 3 aromatic rings. The van der Waals surface area contributed by atoms with Gasteiger partial charge in [-0.1, -0.05) is 31.2 Å². The summed E-state index contributed by atoms with van der Waals surface area (Å²) in [6.07, 6.45) is 6.09. The van der Waals surface area contributed by atoms with Crippen LogP contribution in [0.5, 0.6) is 0 Å². The number of amides is 1. The molecule has 1 aromatic carbocycles. The predicted molar refractivity (Wildman–Crippen MR) is 116 cm³/mol. The molecule has 2 N–H and O–H groups in total. The molecule has 1 amide bonds. The number of hydrogen-bond acceptors (Lipinski definition) is 5. The highest BCUT2D eigenvalue weighted by Gasteiger charge is 2.25. The number of aromatic nitrogens is 1. The Labute approximate surface area is 176 Å². The second kappa shape index (κ2) is 9.41. The van der Waals surface area contributed by atoms with Crippen molar-refractivity contribution in [2.24, 2.45) is 5.92 Å². The summed E-state index contributed by atoms with van der Waals surface area (Å²) in [5.41, 5.74) is 2.53. The monoisotopic (exact) mass is 407 g/mol. The van der Waals surface area contributed by atoms with Crippen LogP contribution < -0.4 is 5.32 Å². The number of likely N-dealkylation sites (tertiary alicyclic amines) is 1. The molecular weight excluding hydrogens is 378 g/mol. The summed E-state index contributed by atoms with van der Waals surface area (Å²) in [7, 11) is 0. The molecule has 0 radical (unpaired) electrons. The van der Waals surface area contributed by atoms with Gasteiger partial charge in [-0.25, -0.2) is 0 Å². The Bertz CT molecular complexity index is 942. The molecule has 1 atom stereocenters. The molecule has 0 bridgehead atoms. The highest BCUT2D eigenvalue weighted by Crippen LogP contribution is 2.31. The van der Waals surface area contributed by atoms with Crippen LogP contribution in [-0.4, -0.2) is 40.5 Å². The summed E-state index contributed by atoms with van der Waals surface area (Å²) in [5, 5.41) is 14.5. The fraction of sp³-hybridized carbons (Fsp3) is 0.417. The SMILES string of the molecule is CCCN1CCC(C(O)c2ccc(CNC(=O)c3cc4ccncc4o3)cc2)CC1. The third-order valence-corrected chi connectivity index (χ3v) is 5.94. The number of nitrogens with zero attached hydrogens (tertiary/aromatic N) is 2. The summed E-state index contributed by atoms with van der Waals surface area (Å²) >= 11 is 0. The van der Waals surface area contributed by atoms with E-state index in [4.69, 9.17) is 4.42 Å². The number of piperidine rings is 1. The number of hydrogen-bond donors (Lipinski definition) is 2. The predicted octanol–water partition coefficient (Wildman–Crippen LogP) is 3.91. The van der Waals surface area contributed by atoms with E-state index in [1.807, 2.05) is 30.3 Å². The van der Waals surface area contributed by atoms with E-state index in [0.717, 1.165) is 49.0 Å². The number of furan rings is 1. The highest BCUT2D eigenvalue weighted by atomic mass is 16.3. The van der Waals surface area contributed by atoms with E-state index in [-0.39, 0.29) is 11.7 Å². The molecule has 1 saturated heterocycles. The van der Waals surface area contributed by atoms with Crippen LogP contribution in [0.25, 0.3) is 11.0 Å². The van der Waals surface area contributed by atoms with Crippen molar-refractivity contribution in [2.45, 2.75) is 38.8 Å². The minimum Gasteiger partial charge on any atom is -0.449 e. The molecule has 1 aliphatic heterocycles. The van der Waals surface area contributed by atoms with E-state index in [0.29, 0.717) is 18.0 Å². The maximum absolute atomic E-state index is 12.4. The van der Waals surface area contributed by atoms with Crippen molar-refractivity contribution in [3.63, 3.8) is 0 Å². The van der Waals surface area contributed by atoms with Crippen molar-refractivity contribution in [2.75, 3.05) is 19.6 Å². The topological polar surface area (TPSA) is 78.6 Å². The van der Waals surface area contributed by atoms with E-state index in [2.05, 4.69) is 22.1 Å². The van der Waals surface area contributed by atoms with Gasteiger partial charge in [0.25, 0.3) is 5.91 Å². The lowest BCUT2D eigenvalue weighted by Gasteiger charge is -2.34. The van der Waals surface area contributed by atoms with E-state index >= 15 is 0 Å². The van der Waals surface area contributed by atoms with Crippen LogP contribution in [0.15, 0.2) is 53.2 Å². The minimum atomic E-state index is -0.429. The lowest BCUT2D eigenvalue weighted by molar-refractivity contribution is 0.0589. The van der Waals surface area contributed by atoms with Gasteiger partial charge >= 0.3 is 0 Å². The van der Waals surface area contributed by atoms with Gasteiger partial charge < -0.3 is 19.7 Å². The Morgan fingerprint density at radius 2 is 2.03 bits per heavy atom. The lowest BCUT2D eigenvalue weighted by atomic mass is 9.87. The zero-order valence-electron chi connectivity index (χ0n) is 17.4. The smallest absolute Gasteiger partial charge is 0.287 e. The Morgan fingerprint density at radius 1 is 1.27 bits per heavy atom. The van der Waals surface area contributed by atoms with Crippen LogP contribution in [0, 0.1) is 5.92 Å². The molecular formula is C24H29N3O3. The van der Waals surface area contributed by atoms with Gasteiger partial charge in [0.2, 0.25) is 0 Å². The van der Waals surface area contributed by atoms with Gasteiger partial charge in [-0.3, -0.25) is 9.78 Å². The first-order valence-electron chi connectivity index (χ1n) is 10.7. The molecule has 1 aliphatic rings. The summed E-state index contributed by atoms with van der Waals surface area (Å²) < 4.78 is 5.55. The van der Waals surface area contributed by atoms with Gasteiger partial charge in [0.15, 0.2) is 11.3 Å². The summed E-state index contributed by atoms with van der Waals surface area (Å²) in [4.78, 5) is 18.9. The van der Waals surface area contributed by atoms with Crippen LogP contribution >= 0.6 is 0 Å². The molecule has 4 rings (SSSR count). The molecule has 6 nitrogen and oxygen atoms in total. The van der Waals surface area contributed by atoms with Crippen LogP contribution in [0.1, 0.15) is 54.0 Å². The maximum Gasteiger partial charge on any atom is 0.287 e. The molecule has 158 valence electrons. The fourth-order valence-electron chi connectivity index (χ4n) is 4.18. The van der Waals surface area contributed by atoms with Gasteiger partial charge in [0.1, 0.15) is 0 Å². The van der Waals surface area contributed by atoms with Gasteiger partial charge in [-0.05, 0) is 68.1 Å². The van der Waals surface area contributed by atoms with Crippen molar-refractivity contribution in [3.8, 4) is 0 Å². The van der Waals surface area contributed by atoms with E-state index in [1.54, 1.807) is 18.5 Å². The number of pyridine rings is 1. The van der Waals surface area contributed by atoms with Crippen molar-refractivity contribution >= 4 is 16.9 Å². The average Bonchev–Trinajstić information content (AvgIpc) is 3.23. The Balaban J connectivity index is 1.30. The van der Waals surface area contributed by atoms with Crippen molar-refractivity contribution in [1.82, 2.24) is 15.2 Å². The van der Waals surface area contributed by atoms with Crippen molar-refractivity contribution < 1.29 is 14.3 Å². The van der Waals surface area contributed by atoms with E-state index in [1.165, 1.54) is 6.42 Å². The van der Waals surface area contributed by atoms with Gasteiger partial charge in [-0.15, -0.1) is 0 Å². The number of nitrogens with one attached hydrogen (secondary N) is 1. The number of benzene rings is 1. The molecule has 30 heavy (non-hydrogen) atoms.